The van der Waals surface area contributed by atoms with Gasteiger partial charge in [-0.1, -0.05) is 0 Å². The number of halogens is 1. The molecule has 1 saturated heterocycles. The highest BCUT2D eigenvalue weighted by Crippen LogP contribution is 2.47. The first-order valence-electron chi connectivity index (χ1n) is 7.11. The average molecular weight is 307 g/mol. The Morgan fingerprint density at radius 3 is 2.81 bits per heavy atom. The zero-order valence-electron chi connectivity index (χ0n) is 12.1. The summed E-state index contributed by atoms with van der Waals surface area (Å²) in [6, 6.07) is 1.95. The molecule has 0 spiro atoms. The minimum Gasteiger partial charge on any atom is -0.323 e. The summed E-state index contributed by atoms with van der Waals surface area (Å²) in [6.07, 6.45) is 5.05. The van der Waals surface area contributed by atoms with E-state index in [2.05, 4.69) is 11.1 Å². The first kappa shape index (κ1) is 14.4. The largest absolute Gasteiger partial charge is 0.323 e. The number of piperidine rings is 1. The third kappa shape index (κ3) is 2.12. The van der Waals surface area contributed by atoms with E-state index in [0.29, 0.717) is 5.92 Å². The van der Waals surface area contributed by atoms with Gasteiger partial charge in [0.2, 0.25) is 5.91 Å². The number of rotatable bonds is 2. The number of hydrogen-bond donors (Lipinski definition) is 1. The van der Waals surface area contributed by atoms with Crippen LogP contribution in [0.4, 0.5) is 5.69 Å². The summed E-state index contributed by atoms with van der Waals surface area (Å²) in [5, 5.41) is 0. The molecule has 112 valence electrons. The fraction of sp³-hybridized carbons (Fsp3) is 0.467. The fourth-order valence-electron chi connectivity index (χ4n) is 3.15. The Kier molecular flexibility index (Phi) is 3.22. The van der Waals surface area contributed by atoms with Crippen LogP contribution in [0.5, 0.6) is 0 Å². The van der Waals surface area contributed by atoms with Gasteiger partial charge >= 0.3 is 0 Å². The number of pyridine rings is 1. The van der Waals surface area contributed by atoms with Crippen LogP contribution in [0.3, 0.4) is 0 Å². The van der Waals surface area contributed by atoms with Crippen LogP contribution >= 0.6 is 12.4 Å². The lowest BCUT2D eigenvalue weighted by molar-refractivity contribution is -0.118. The molecular weight excluding hydrogens is 288 g/mol. The van der Waals surface area contributed by atoms with Crippen LogP contribution in [-0.4, -0.2) is 21.8 Å². The number of fused-ring (bicyclic) bond motifs is 2. The molecule has 0 radical (unpaired) electrons. The second-order valence-electron chi connectivity index (χ2n) is 6.14. The highest BCUT2D eigenvalue weighted by Gasteiger charge is 2.52. The van der Waals surface area contributed by atoms with E-state index in [1.54, 1.807) is 0 Å². The molecule has 3 atom stereocenters. The Hall–Kier alpha value is -1.59. The molecule has 5 nitrogen and oxygen atoms in total. The highest BCUT2D eigenvalue weighted by molar-refractivity contribution is 6.02. The molecule has 0 bridgehead atoms. The van der Waals surface area contributed by atoms with Gasteiger partial charge in [0.1, 0.15) is 0 Å². The topological polar surface area (TPSA) is 63.6 Å². The van der Waals surface area contributed by atoms with Crippen molar-refractivity contribution in [1.29, 1.82) is 0 Å². The predicted molar refractivity (Wildman–Crippen MR) is 83.7 cm³/mol. The van der Waals surface area contributed by atoms with Crippen LogP contribution in [-0.2, 0) is 4.79 Å². The van der Waals surface area contributed by atoms with Crippen LogP contribution in [0.15, 0.2) is 18.5 Å². The molecule has 2 aromatic rings. The maximum Gasteiger partial charge on any atom is 0.230 e. The molecule has 2 aromatic heterocycles. The Morgan fingerprint density at radius 2 is 2.19 bits per heavy atom. The van der Waals surface area contributed by atoms with E-state index in [0.717, 1.165) is 35.6 Å². The van der Waals surface area contributed by atoms with Gasteiger partial charge in [0.25, 0.3) is 0 Å². The lowest BCUT2D eigenvalue weighted by Crippen LogP contribution is -2.28. The molecule has 1 amide bonds. The van der Waals surface area contributed by atoms with Crippen LogP contribution in [0.1, 0.15) is 30.6 Å². The van der Waals surface area contributed by atoms with Crippen molar-refractivity contribution in [3.8, 4) is 0 Å². The molecule has 1 aliphatic carbocycles. The van der Waals surface area contributed by atoms with Gasteiger partial charge in [0.05, 0.1) is 11.4 Å². The molecule has 2 fully saturated rings. The van der Waals surface area contributed by atoms with Gasteiger partial charge in [-0.3, -0.25) is 4.79 Å². The van der Waals surface area contributed by atoms with Crippen molar-refractivity contribution >= 4 is 29.6 Å². The Bertz CT molecular complexity index is 724. The SMILES string of the molecule is Cc1cc(N2CC3CC3C2=O)c2nc([C@@H](C)N)cn2c1.Cl. The Balaban J connectivity index is 0.00000132. The van der Waals surface area contributed by atoms with E-state index in [-0.39, 0.29) is 30.3 Å². The molecular formula is C15H19ClN4O. The fourth-order valence-corrected chi connectivity index (χ4v) is 3.15. The molecule has 1 saturated carbocycles. The molecule has 2 unspecified atom stereocenters. The summed E-state index contributed by atoms with van der Waals surface area (Å²) >= 11 is 0. The maximum absolute atomic E-state index is 12.3. The number of aromatic nitrogens is 2. The van der Waals surface area contributed by atoms with Gasteiger partial charge in [-0.25, -0.2) is 4.98 Å². The van der Waals surface area contributed by atoms with Crippen molar-refractivity contribution < 1.29 is 4.79 Å². The normalized spacial score (nSPS) is 24.9. The number of carbonyl (C=O) groups is 1. The number of carbonyl (C=O) groups excluding carboxylic acids is 1. The number of nitrogens with two attached hydrogens (primary N) is 1. The van der Waals surface area contributed by atoms with E-state index in [9.17, 15) is 4.79 Å². The second kappa shape index (κ2) is 4.71. The molecule has 6 heteroatoms. The van der Waals surface area contributed by atoms with Crippen molar-refractivity contribution in [2.75, 3.05) is 11.4 Å². The van der Waals surface area contributed by atoms with Gasteiger partial charge in [-0.15, -0.1) is 12.4 Å². The lowest BCUT2D eigenvalue weighted by atomic mass is 10.2. The van der Waals surface area contributed by atoms with Crippen LogP contribution in [0, 0.1) is 18.8 Å². The van der Waals surface area contributed by atoms with Gasteiger partial charge < -0.3 is 15.0 Å². The first-order valence-corrected chi connectivity index (χ1v) is 7.11. The number of imidazole rings is 1. The smallest absolute Gasteiger partial charge is 0.230 e. The van der Waals surface area contributed by atoms with Crippen molar-refractivity contribution in [3.05, 3.63) is 29.7 Å². The Morgan fingerprint density at radius 1 is 1.43 bits per heavy atom. The van der Waals surface area contributed by atoms with Crippen molar-refractivity contribution in [2.45, 2.75) is 26.3 Å². The number of amides is 1. The number of nitrogens with zero attached hydrogens (tertiary/aromatic N) is 3. The minimum absolute atomic E-state index is 0. The third-order valence-corrected chi connectivity index (χ3v) is 4.37. The predicted octanol–water partition coefficient (Wildman–Crippen LogP) is 2.07. The summed E-state index contributed by atoms with van der Waals surface area (Å²) in [7, 11) is 0. The van der Waals surface area contributed by atoms with E-state index >= 15 is 0 Å². The van der Waals surface area contributed by atoms with Gasteiger partial charge in [-0.05, 0) is 37.8 Å². The van der Waals surface area contributed by atoms with E-state index in [4.69, 9.17) is 5.73 Å². The quantitative estimate of drug-likeness (QED) is 0.924. The number of hydrogen-bond acceptors (Lipinski definition) is 3. The van der Waals surface area contributed by atoms with Crippen molar-refractivity contribution in [1.82, 2.24) is 9.38 Å². The molecule has 2 aliphatic rings. The molecule has 4 rings (SSSR count). The maximum atomic E-state index is 12.3. The summed E-state index contributed by atoms with van der Waals surface area (Å²) < 4.78 is 1.99. The molecule has 3 heterocycles. The summed E-state index contributed by atoms with van der Waals surface area (Å²) in [5.41, 5.74) is 9.65. The molecule has 1 aliphatic heterocycles. The first-order chi connectivity index (χ1) is 9.54. The lowest BCUT2D eigenvalue weighted by Gasteiger charge is -2.19. The zero-order chi connectivity index (χ0) is 14.0. The summed E-state index contributed by atoms with van der Waals surface area (Å²) in [6.45, 7) is 4.79. The van der Waals surface area contributed by atoms with Gasteiger partial charge in [0, 0.05) is 30.9 Å². The highest BCUT2D eigenvalue weighted by atomic mass is 35.5. The monoisotopic (exact) mass is 306 g/mol. The summed E-state index contributed by atoms with van der Waals surface area (Å²) in [4.78, 5) is 18.8. The minimum atomic E-state index is -0.106. The van der Waals surface area contributed by atoms with E-state index in [1.807, 2.05) is 35.5 Å². The van der Waals surface area contributed by atoms with E-state index < -0.39 is 0 Å². The second-order valence-corrected chi connectivity index (χ2v) is 6.14. The molecule has 21 heavy (non-hydrogen) atoms. The molecule has 0 aromatic carbocycles. The van der Waals surface area contributed by atoms with Crippen molar-refractivity contribution in [2.24, 2.45) is 17.6 Å². The number of aryl methyl sites for hydroxylation is 1. The van der Waals surface area contributed by atoms with Crippen LogP contribution < -0.4 is 10.6 Å². The van der Waals surface area contributed by atoms with Gasteiger partial charge in [0.15, 0.2) is 5.65 Å². The van der Waals surface area contributed by atoms with Crippen molar-refractivity contribution in [3.63, 3.8) is 0 Å². The average Bonchev–Trinajstić information content (AvgIpc) is 2.91. The number of anilines is 1. The zero-order valence-corrected chi connectivity index (χ0v) is 12.9. The van der Waals surface area contributed by atoms with E-state index in [1.165, 1.54) is 0 Å². The van der Waals surface area contributed by atoms with Crippen LogP contribution in [0.2, 0.25) is 0 Å². The molecule has 2 N–H and O–H groups in total. The standard InChI is InChI=1S/C15H18N4O.ClH/c1-8-3-13(19-6-10-4-11(10)15(19)20)14-17-12(9(2)16)7-18(14)5-8;/h3,5,7,9-11H,4,6,16H2,1-2H3;1H/t9-,10?,11?;/m1./s1. The van der Waals surface area contributed by atoms with Crippen LogP contribution in [0.25, 0.3) is 5.65 Å². The van der Waals surface area contributed by atoms with Gasteiger partial charge in [-0.2, -0.15) is 0 Å². The third-order valence-electron chi connectivity index (χ3n) is 4.37. The Labute approximate surface area is 129 Å². The summed E-state index contributed by atoms with van der Waals surface area (Å²) in [5.74, 6) is 1.08.